The first-order chi connectivity index (χ1) is 16.1. The minimum Gasteiger partial charge on any atom is -0.507 e. The van der Waals surface area contributed by atoms with Crippen LogP contribution in [0.25, 0.3) is 44.5 Å². The van der Waals surface area contributed by atoms with E-state index >= 15 is 0 Å². The van der Waals surface area contributed by atoms with Crippen LogP contribution in [0, 0.1) is 0 Å². The first kappa shape index (κ1) is 21.0. The Hall–Kier alpha value is -3.82. The molecular weight excluding hydrogens is 472 g/mol. The van der Waals surface area contributed by atoms with E-state index in [1.807, 2.05) is 115 Å². The molecule has 0 aliphatic carbocycles. The molecule has 5 aromatic rings. The van der Waals surface area contributed by atoms with E-state index in [1.54, 1.807) is 0 Å². The third-order valence-corrected chi connectivity index (χ3v) is 6.30. The Balaban J connectivity index is 1.96. The molecule has 160 valence electrons. The summed E-state index contributed by atoms with van der Waals surface area (Å²) in [5.41, 5.74) is 5.75. The summed E-state index contributed by atoms with van der Waals surface area (Å²) in [7, 11) is 0. The number of halogens is 1. The van der Waals surface area contributed by atoms with Crippen LogP contribution in [-0.2, 0) is 0 Å². The largest absolute Gasteiger partial charge is 0.507 e. The van der Waals surface area contributed by atoms with E-state index in [0.717, 1.165) is 26.7 Å². The van der Waals surface area contributed by atoms with Gasteiger partial charge in [-0.1, -0.05) is 119 Å². The lowest BCUT2D eigenvalue weighted by atomic mass is 9.83. The van der Waals surface area contributed by atoms with Crippen LogP contribution in [0.1, 0.15) is 0 Å². The van der Waals surface area contributed by atoms with Crippen molar-refractivity contribution in [2.75, 3.05) is 0 Å². The summed E-state index contributed by atoms with van der Waals surface area (Å²) in [6.45, 7) is 0. The molecule has 0 saturated carbocycles. The van der Waals surface area contributed by atoms with E-state index in [9.17, 15) is 10.2 Å². The van der Waals surface area contributed by atoms with E-state index < -0.39 is 0 Å². The van der Waals surface area contributed by atoms with Crippen molar-refractivity contribution in [1.29, 1.82) is 0 Å². The van der Waals surface area contributed by atoms with Gasteiger partial charge in [0.15, 0.2) is 0 Å². The van der Waals surface area contributed by atoms with Gasteiger partial charge in [-0.25, -0.2) is 0 Å². The Kier molecular flexibility index (Phi) is 5.72. The molecule has 5 aromatic carbocycles. The number of phenols is 2. The fourth-order valence-electron chi connectivity index (χ4n) is 4.28. The molecule has 2 N–H and O–H groups in total. The van der Waals surface area contributed by atoms with Crippen LogP contribution >= 0.6 is 15.9 Å². The number of aromatic hydroxyl groups is 2. The molecule has 0 aromatic heterocycles. The predicted molar refractivity (Wildman–Crippen MR) is 139 cm³/mol. The molecule has 0 aliphatic heterocycles. The lowest BCUT2D eigenvalue weighted by Gasteiger charge is -2.22. The maximum absolute atomic E-state index is 11.9. The number of rotatable bonds is 4. The van der Waals surface area contributed by atoms with Crippen LogP contribution < -0.4 is 0 Å². The van der Waals surface area contributed by atoms with Crippen molar-refractivity contribution in [2.45, 2.75) is 0 Å². The highest BCUT2D eigenvalue weighted by atomic mass is 79.9. The highest BCUT2D eigenvalue weighted by Crippen LogP contribution is 2.55. The van der Waals surface area contributed by atoms with Gasteiger partial charge in [0.05, 0.1) is 0 Å². The van der Waals surface area contributed by atoms with Crippen molar-refractivity contribution in [2.24, 2.45) is 0 Å². The molecule has 0 atom stereocenters. The zero-order valence-corrected chi connectivity index (χ0v) is 19.3. The number of phenolic OH excluding ortho intramolecular Hbond substituents is 2. The topological polar surface area (TPSA) is 40.5 Å². The molecule has 2 nitrogen and oxygen atoms in total. The molecule has 0 bridgehead atoms. The summed E-state index contributed by atoms with van der Waals surface area (Å²) in [6.07, 6.45) is 0. The van der Waals surface area contributed by atoms with Crippen LogP contribution in [0.3, 0.4) is 0 Å². The normalized spacial score (nSPS) is 10.8. The summed E-state index contributed by atoms with van der Waals surface area (Å²) in [6, 6.07) is 36.9. The second-order valence-electron chi connectivity index (χ2n) is 7.80. The van der Waals surface area contributed by atoms with Gasteiger partial charge in [-0.3, -0.25) is 0 Å². The minimum absolute atomic E-state index is 0.138. The average Bonchev–Trinajstić information content (AvgIpc) is 2.87. The fourth-order valence-corrected chi connectivity index (χ4v) is 4.54. The van der Waals surface area contributed by atoms with E-state index in [4.69, 9.17) is 0 Å². The SMILES string of the molecule is Oc1c(-c2ccccc2)c(-c2ccccc2)c(O)c(-c2ccc(Br)cc2)c1-c1ccccc1. The summed E-state index contributed by atoms with van der Waals surface area (Å²) in [5, 5.41) is 23.7. The lowest BCUT2D eigenvalue weighted by Crippen LogP contribution is -1.95. The molecule has 0 aliphatic rings. The molecule has 0 unspecified atom stereocenters. The zero-order chi connectivity index (χ0) is 22.8. The highest BCUT2D eigenvalue weighted by Gasteiger charge is 2.27. The first-order valence-corrected chi connectivity index (χ1v) is 11.5. The van der Waals surface area contributed by atoms with Gasteiger partial charge in [0.1, 0.15) is 11.5 Å². The van der Waals surface area contributed by atoms with E-state index in [2.05, 4.69) is 15.9 Å². The second kappa shape index (κ2) is 8.97. The third-order valence-electron chi connectivity index (χ3n) is 5.77. The van der Waals surface area contributed by atoms with E-state index in [0.29, 0.717) is 22.3 Å². The van der Waals surface area contributed by atoms with Crippen LogP contribution in [-0.4, -0.2) is 10.2 Å². The van der Waals surface area contributed by atoms with Crippen LogP contribution in [0.5, 0.6) is 11.5 Å². The smallest absolute Gasteiger partial charge is 0.132 e. The Morgan fingerprint density at radius 3 is 0.939 bits per heavy atom. The highest BCUT2D eigenvalue weighted by molar-refractivity contribution is 9.10. The second-order valence-corrected chi connectivity index (χ2v) is 8.72. The average molecular weight is 493 g/mol. The van der Waals surface area contributed by atoms with Crippen molar-refractivity contribution in [3.8, 4) is 56.0 Å². The molecule has 3 heteroatoms. The molecule has 0 saturated heterocycles. The minimum atomic E-state index is 0.138. The van der Waals surface area contributed by atoms with Gasteiger partial charge in [-0.2, -0.15) is 0 Å². The molecule has 0 heterocycles. The van der Waals surface area contributed by atoms with E-state index in [1.165, 1.54) is 0 Å². The van der Waals surface area contributed by atoms with Crippen LogP contribution in [0.15, 0.2) is 120 Å². The number of hydrogen-bond acceptors (Lipinski definition) is 2. The Labute approximate surface area is 201 Å². The molecule has 0 amide bonds. The summed E-state index contributed by atoms with van der Waals surface area (Å²) in [5.74, 6) is 0.279. The van der Waals surface area contributed by atoms with Gasteiger partial charge >= 0.3 is 0 Å². The molecule has 0 fully saturated rings. The maximum Gasteiger partial charge on any atom is 0.132 e. The third kappa shape index (κ3) is 3.92. The monoisotopic (exact) mass is 492 g/mol. The van der Waals surface area contributed by atoms with Crippen LogP contribution in [0.4, 0.5) is 0 Å². The van der Waals surface area contributed by atoms with Crippen molar-refractivity contribution >= 4 is 15.9 Å². The predicted octanol–water partition coefficient (Wildman–Crippen LogP) is 8.53. The first-order valence-electron chi connectivity index (χ1n) is 10.7. The zero-order valence-electron chi connectivity index (χ0n) is 17.7. The summed E-state index contributed by atoms with van der Waals surface area (Å²) < 4.78 is 0.945. The number of benzene rings is 5. The quantitative estimate of drug-likeness (QED) is 0.246. The van der Waals surface area contributed by atoms with Gasteiger partial charge in [0, 0.05) is 26.7 Å². The fraction of sp³-hybridized carbons (Fsp3) is 0. The van der Waals surface area contributed by atoms with Gasteiger partial charge in [0.2, 0.25) is 0 Å². The summed E-state index contributed by atoms with van der Waals surface area (Å²) in [4.78, 5) is 0. The maximum atomic E-state index is 11.9. The molecule has 33 heavy (non-hydrogen) atoms. The van der Waals surface area contributed by atoms with Gasteiger partial charge < -0.3 is 10.2 Å². The van der Waals surface area contributed by atoms with Gasteiger partial charge in [0.25, 0.3) is 0 Å². The number of hydrogen-bond donors (Lipinski definition) is 2. The molecular formula is C30H21BrO2. The Morgan fingerprint density at radius 1 is 0.364 bits per heavy atom. The van der Waals surface area contributed by atoms with E-state index in [-0.39, 0.29) is 11.5 Å². The van der Waals surface area contributed by atoms with Gasteiger partial charge in [-0.05, 0) is 34.4 Å². The summed E-state index contributed by atoms with van der Waals surface area (Å²) >= 11 is 3.50. The van der Waals surface area contributed by atoms with Crippen molar-refractivity contribution in [3.05, 3.63) is 120 Å². The molecule has 0 spiro atoms. The molecule has 0 radical (unpaired) electrons. The van der Waals surface area contributed by atoms with Crippen molar-refractivity contribution in [3.63, 3.8) is 0 Å². The lowest BCUT2D eigenvalue weighted by molar-refractivity contribution is 0.467. The van der Waals surface area contributed by atoms with Crippen LogP contribution in [0.2, 0.25) is 0 Å². The Bertz CT molecular complexity index is 1400. The van der Waals surface area contributed by atoms with Crippen molar-refractivity contribution < 1.29 is 10.2 Å². The van der Waals surface area contributed by atoms with Crippen molar-refractivity contribution in [1.82, 2.24) is 0 Å². The van der Waals surface area contributed by atoms with Gasteiger partial charge in [-0.15, -0.1) is 0 Å². The molecule has 5 rings (SSSR count). The Morgan fingerprint density at radius 2 is 0.636 bits per heavy atom. The standard InChI is InChI=1S/C30H21BrO2/c31-24-18-16-23(17-19-24)28-27(22-14-8-3-9-15-22)29(32)25(20-10-4-1-5-11-20)26(30(28)33)21-12-6-2-7-13-21/h1-19,32-33H.